The fourth-order valence-electron chi connectivity index (χ4n) is 1.82. The standard InChI is InChI=1S/C13H16N6/c1-2-4-15-10(3-1)8-16-12-5-13(18-9-17-12)19-11-6-14-7-11/h1-5,9,11,14H,6-8H2,(H2,16,17,18,19). The van der Waals surface area contributed by atoms with Crippen molar-refractivity contribution in [1.82, 2.24) is 20.3 Å². The Labute approximate surface area is 111 Å². The van der Waals surface area contributed by atoms with Gasteiger partial charge in [-0.3, -0.25) is 4.98 Å². The lowest BCUT2D eigenvalue weighted by atomic mass is 10.2. The minimum Gasteiger partial charge on any atom is -0.365 e. The Morgan fingerprint density at radius 2 is 2.05 bits per heavy atom. The van der Waals surface area contributed by atoms with Crippen molar-refractivity contribution < 1.29 is 0 Å². The van der Waals surface area contributed by atoms with Crippen molar-refractivity contribution in [3.63, 3.8) is 0 Å². The van der Waals surface area contributed by atoms with Crippen molar-refractivity contribution in [1.29, 1.82) is 0 Å². The van der Waals surface area contributed by atoms with E-state index in [0.717, 1.165) is 30.4 Å². The van der Waals surface area contributed by atoms with Gasteiger partial charge in [-0.05, 0) is 12.1 Å². The highest BCUT2D eigenvalue weighted by molar-refractivity contribution is 5.47. The molecule has 6 heteroatoms. The Morgan fingerprint density at radius 3 is 2.79 bits per heavy atom. The summed E-state index contributed by atoms with van der Waals surface area (Å²) in [6.07, 6.45) is 3.35. The summed E-state index contributed by atoms with van der Waals surface area (Å²) in [5.41, 5.74) is 0.985. The van der Waals surface area contributed by atoms with E-state index >= 15 is 0 Å². The summed E-state index contributed by atoms with van der Waals surface area (Å²) in [6, 6.07) is 8.25. The Kier molecular flexibility index (Phi) is 3.51. The molecular formula is C13H16N6. The zero-order chi connectivity index (χ0) is 12.9. The van der Waals surface area contributed by atoms with Crippen LogP contribution in [0.3, 0.4) is 0 Å². The fraction of sp³-hybridized carbons (Fsp3) is 0.308. The van der Waals surface area contributed by atoms with Gasteiger partial charge < -0.3 is 16.0 Å². The second-order valence-electron chi connectivity index (χ2n) is 4.46. The van der Waals surface area contributed by atoms with Crippen molar-refractivity contribution in [3.05, 3.63) is 42.5 Å². The number of rotatable bonds is 5. The van der Waals surface area contributed by atoms with Crippen LogP contribution in [0.25, 0.3) is 0 Å². The molecule has 1 aliphatic rings. The number of pyridine rings is 1. The first kappa shape index (κ1) is 11.9. The van der Waals surface area contributed by atoms with Crippen LogP contribution in [0, 0.1) is 0 Å². The molecule has 6 nitrogen and oxygen atoms in total. The number of hydrogen-bond donors (Lipinski definition) is 3. The summed E-state index contributed by atoms with van der Waals surface area (Å²) < 4.78 is 0. The van der Waals surface area contributed by atoms with Gasteiger partial charge in [0.1, 0.15) is 18.0 Å². The fourth-order valence-corrected chi connectivity index (χ4v) is 1.82. The molecular weight excluding hydrogens is 240 g/mol. The van der Waals surface area contributed by atoms with E-state index in [2.05, 4.69) is 30.9 Å². The van der Waals surface area contributed by atoms with E-state index in [1.807, 2.05) is 24.3 Å². The molecule has 0 unspecified atom stereocenters. The third-order valence-corrected chi connectivity index (χ3v) is 2.98. The molecule has 1 fully saturated rings. The van der Waals surface area contributed by atoms with Gasteiger partial charge in [0.15, 0.2) is 0 Å². The molecule has 3 N–H and O–H groups in total. The Balaban J connectivity index is 1.59. The van der Waals surface area contributed by atoms with Crippen LogP contribution in [0.2, 0.25) is 0 Å². The lowest BCUT2D eigenvalue weighted by Crippen LogP contribution is -2.51. The Morgan fingerprint density at radius 1 is 1.16 bits per heavy atom. The average molecular weight is 256 g/mol. The molecule has 98 valence electrons. The van der Waals surface area contributed by atoms with Gasteiger partial charge in [-0.1, -0.05) is 6.07 Å². The second kappa shape index (κ2) is 5.62. The van der Waals surface area contributed by atoms with Crippen molar-refractivity contribution in [3.8, 4) is 0 Å². The van der Waals surface area contributed by atoms with Gasteiger partial charge in [0.25, 0.3) is 0 Å². The van der Waals surface area contributed by atoms with E-state index in [1.54, 1.807) is 12.5 Å². The van der Waals surface area contributed by atoms with Gasteiger partial charge in [-0.2, -0.15) is 0 Å². The van der Waals surface area contributed by atoms with Gasteiger partial charge in [-0.15, -0.1) is 0 Å². The molecule has 2 aromatic heterocycles. The predicted octanol–water partition coefficient (Wildman–Crippen LogP) is 0.867. The second-order valence-corrected chi connectivity index (χ2v) is 4.46. The summed E-state index contributed by atoms with van der Waals surface area (Å²) in [5.74, 6) is 1.65. The minimum absolute atomic E-state index is 0.471. The molecule has 1 saturated heterocycles. The first-order valence-electron chi connectivity index (χ1n) is 6.33. The highest BCUT2D eigenvalue weighted by atomic mass is 15.1. The maximum atomic E-state index is 4.26. The van der Waals surface area contributed by atoms with Crippen LogP contribution >= 0.6 is 0 Å². The molecule has 0 saturated carbocycles. The highest BCUT2D eigenvalue weighted by Crippen LogP contribution is 2.11. The first-order valence-corrected chi connectivity index (χ1v) is 6.33. The van der Waals surface area contributed by atoms with Crippen LogP contribution in [0.5, 0.6) is 0 Å². The molecule has 0 bridgehead atoms. The quantitative estimate of drug-likeness (QED) is 0.737. The number of anilines is 2. The molecule has 0 aliphatic carbocycles. The summed E-state index contributed by atoms with van der Waals surface area (Å²) >= 11 is 0. The molecule has 0 amide bonds. The number of hydrogen-bond acceptors (Lipinski definition) is 6. The van der Waals surface area contributed by atoms with Gasteiger partial charge >= 0.3 is 0 Å². The van der Waals surface area contributed by atoms with Crippen LogP contribution in [-0.4, -0.2) is 34.1 Å². The van der Waals surface area contributed by atoms with E-state index in [1.165, 1.54) is 0 Å². The summed E-state index contributed by atoms with van der Waals surface area (Å²) in [5, 5.41) is 9.80. The van der Waals surface area contributed by atoms with Crippen molar-refractivity contribution in [2.75, 3.05) is 23.7 Å². The normalized spacial score (nSPS) is 14.7. The van der Waals surface area contributed by atoms with E-state index in [0.29, 0.717) is 12.6 Å². The van der Waals surface area contributed by atoms with Crippen molar-refractivity contribution in [2.45, 2.75) is 12.6 Å². The molecule has 1 aliphatic heterocycles. The number of nitrogens with one attached hydrogen (secondary N) is 3. The van der Waals surface area contributed by atoms with Crippen LogP contribution in [0.4, 0.5) is 11.6 Å². The van der Waals surface area contributed by atoms with Crippen LogP contribution in [0.15, 0.2) is 36.8 Å². The highest BCUT2D eigenvalue weighted by Gasteiger charge is 2.16. The smallest absolute Gasteiger partial charge is 0.131 e. The molecule has 0 aromatic carbocycles. The summed E-state index contributed by atoms with van der Waals surface area (Å²) in [4.78, 5) is 12.7. The first-order chi connectivity index (χ1) is 9.40. The molecule has 0 radical (unpaired) electrons. The maximum absolute atomic E-state index is 4.26. The van der Waals surface area contributed by atoms with Gasteiger partial charge in [-0.25, -0.2) is 9.97 Å². The van der Waals surface area contributed by atoms with Crippen LogP contribution in [0.1, 0.15) is 5.69 Å². The SMILES string of the molecule is c1ccc(CNc2cc(NC3CNC3)ncn2)nc1. The third kappa shape index (κ3) is 3.17. The van der Waals surface area contributed by atoms with Gasteiger partial charge in [0, 0.05) is 25.4 Å². The van der Waals surface area contributed by atoms with Crippen LogP contribution in [-0.2, 0) is 6.54 Å². The average Bonchev–Trinajstić information content (AvgIpc) is 2.42. The Hall–Kier alpha value is -2.21. The molecule has 0 spiro atoms. The topological polar surface area (TPSA) is 74.8 Å². The van der Waals surface area contributed by atoms with Crippen LogP contribution < -0.4 is 16.0 Å². The summed E-state index contributed by atoms with van der Waals surface area (Å²) in [6.45, 7) is 2.63. The van der Waals surface area contributed by atoms with Gasteiger partial charge in [0.05, 0.1) is 18.3 Å². The summed E-state index contributed by atoms with van der Waals surface area (Å²) in [7, 11) is 0. The van der Waals surface area contributed by atoms with Crippen molar-refractivity contribution in [2.24, 2.45) is 0 Å². The number of aromatic nitrogens is 3. The van der Waals surface area contributed by atoms with E-state index in [9.17, 15) is 0 Å². The minimum atomic E-state index is 0.471. The number of nitrogens with zero attached hydrogens (tertiary/aromatic N) is 3. The lowest BCUT2D eigenvalue weighted by Gasteiger charge is -2.28. The zero-order valence-electron chi connectivity index (χ0n) is 10.5. The van der Waals surface area contributed by atoms with E-state index in [-0.39, 0.29) is 0 Å². The zero-order valence-corrected chi connectivity index (χ0v) is 10.5. The Bertz CT molecular complexity index is 526. The van der Waals surface area contributed by atoms with Crippen molar-refractivity contribution >= 4 is 11.6 Å². The molecule has 19 heavy (non-hydrogen) atoms. The predicted molar refractivity (Wildman–Crippen MR) is 73.9 cm³/mol. The molecule has 2 aromatic rings. The molecule has 3 rings (SSSR count). The largest absolute Gasteiger partial charge is 0.365 e. The van der Waals surface area contributed by atoms with E-state index in [4.69, 9.17) is 0 Å². The maximum Gasteiger partial charge on any atom is 0.131 e. The monoisotopic (exact) mass is 256 g/mol. The lowest BCUT2D eigenvalue weighted by molar-refractivity contribution is 0.471. The van der Waals surface area contributed by atoms with E-state index < -0.39 is 0 Å². The third-order valence-electron chi connectivity index (χ3n) is 2.98. The van der Waals surface area contributed by atoms with Gasteiger partial charge in [0.2, 0.25) is 0 Å². The molecule has 0 atom stereocenters. The molecule has 3 heterocycles.